The van der Waals surface area contributed by atoms with Crippen molar-refractivity contribution in [2.75, 3.05) is 37.5 Å². The van der Waals surface area contributed by atoms with E-state index in [1.54, 1.807) is 11.8 Å². The van der Waals surface area contributed by atoms with Crippen LogP contribution in [-0.4, -0.2) is 56.4 Å². The van der Waals surface area contributed by atoms with E-state index in [-0.39, 0.29) is 35.8 Å². The third-order valence-corrected chi connectivity index (χ3v) is 4.00. The van der Waals surface area contributed by atoms with Crippen molar-refractivity contribution in [2.45, 2.75) is 13.0 Å². The molecule has 154 valence electrons. The Bertz CT molecular complexity index is 832. The number of amides is 1. The van der Waals surface area contributed by atoms with E-state index in [1.165, 1.54) is 32.4 Å². The molecule has 0 saturated carbocycles. The molecule has 8 heteroatoms. The van der Waals surface area contributed by atoms with Crippen molar-refractivity contribution >= 4 is 29.2 Å². The fourth-order valence-electron chi connectivity index (χ4n) is 2.76. The summed E-state index contributed by atoms with van der Waals surface area (Å²) >= 11 is 0. The lowest BCUT2D eigenvalue weighted by Crippen LogP contribution is -2.37. The van der Waals surface area contributed by atoms with E-state index in [2.05, 4.69) is 5.32 Å². The molecular formula is C21H24N2O6. The molecule has 0 aromatic heterocycles. The van der Waals surface area contributed by atoms with Crippen molar-refractivity contribution in [3.63, 3.8) is 0 Å². The number of hydrogen-bond acceptors (Lipinski definition) is 7. The van der Waals surface area contributed by atoms with Crippen LogP contribution >= 0.6 is 0 Å². The van der Waals surface area contributed by atoms with Gasteiger partial charge in [-0.2, -0.15) is 0 Å². The fraction of sp³-hybridized carbons (Fsp3) is 0.286. The zero-order valence-corrected chi connectivity index (χ0v) is 16.5. The van der Waals surface area contributed by atoms with Gasteiger partial charge in [0.05, 0.1) is 38.0 Å². The van der Waals surface area contributed by atoms with Crippen molar-refractivity contribution in [3.8, 4) is 0 Å². The number of anilines is 2. The first-order valence-corrected chi connectivity index (χ1v) is 8.93. The second-order valence-electron chi connectivity index (χ2n) is 6.40. The van der Waals surface area contributed by atoms with Crippen LogP contribution in [0.25, 0.3) is 0 Å². The number of benzene rings is 2. The molecule has 1 atom stereocenters. The van der Waals surface area contributed by atoms with Gasteiger partial charge in [0.15, 0.2) is 0 Å². The Morgan fingerprint density at radius 2 is 1.55 bits per heavy atom. The number of hydrogen-bond donors (Lipinski definition) is 2. The molecule has 0 bridgehead atoms. The molecule has 0 saturated heterocycles. The number of methoxy groups -OCH3 is 2. The maximum Gasteiger partial charge on any atom is 0.337 e. The maximum absolute atomic E-state index is 12.6. The van der Waals surface area contributed by atoms with Crippen LogP contribution in [-0.2, 0) is 14.3 Å². The molecule has 2 aromatic rings. The molecule has 0 aliphatic rings. The minimum Gasteiger partial charge on any atom is -0.465 e. The van der Waals surface area contributed by atoms with E-state index in [0.29, 0.717) is 0 Å². The van der Waals surface area contributed by atoms with E-state index >= 15 is 0 Å². The standard InChI is InChI=1S/C21H24N2O6/c1-14(24)12-23(18-7-5-4-6-8-18)13-19(25)22-17-10-15(20(26)28-2)9-16(11-17)21(27)29-3/h4-11,14,24H,12-13H2,1-3H3,(H,22,25). The molecule has 0 spiro atoms. The molecule has 0 fully saturated rings. The molecule has 1 amide bonds. The summed E-state index contributed by atoms with van der Waals surface area (Å²) in [6.07, 6.45) is -0.642. The average molecular weight is 400 g/mol. The SMILES string of the molecule is COC(=O)c1cc(NC(=O)CN(CC(C)O)c2ccccc2)cc(C(=O)OC)c1. The molecular weight excluding hydrogens is 376 g/mol. The van der Waals surface area contributed by atoms with Crippen molar-refractivity contribution in [3.05, 3.63) is 59.7 Å². The van der Waals surface area contributed by atoms with Gasteiger partial charge in [-0.3, -0.25) is 4.79 Å². The van der Waals surface area contributed by atoms with Gasteiger partial charge in [0.1, 0.15) is 0 Å². The van der Waals surface area contributed by atoms with Gasteiger partial charge in [0.25, 0.3) is 0 Å². The largest absolute Gasteiger partial charge is 0.465 e. The Morgan fingerprint density at radius 3 is 2.03 bits per heavy atom. The minimum absolute atomic E-state index is 0.0368. The lowest BCUT2D eigenvalue weighted by atomic mass is 10.1. The van der Waals surface area contributed by atoms with E-state index in [0.717, 1.165) is 5.69 Å². The summed E-state index contributed by atoms with van der Waals surface area (Å²) in [4.78, 5) is 38.1. The second-order valence-corrected chi connectivity index (χ2v) is 6.40. The summed E-state index contributed by atoms with van der Waals surface area (Å²) in [5.41, 5.74) is 1.25. The van der Waals surface area contributed by atoms with Crippen LogP contribution in [0, 0.1) is 0 Å². The number of nitrogens with zero attached hydrogens (tertiary/aromatic N) is 1. The first-order chi connectivity index (χ1) is 13.8. The van der Waals surface area contributed by atoms with Crippen LogP contribution in [0.2, 0.25) is 0 Å². The highest BCUT2D eigenvalue weighted by molar-refractivity contribution is 6.00. The lowest BCUT2D eigenvalue weighted by Gasteiger charge is -2.25. The summed E-state index contributed by atoms with van der Waals surface area (Å²) in [5.74, 6) is -1.68. The topological polar surface area (TPSA) is 105 Å². The molecule has 2 N–H and O–H groups in total. The summed E-state index contributed by atoms with van der Waals surface area (Å²) < 4.78 is 9.38. The Morgan fingerprint density at radius 1 is 1.00 bits per heavy atom. The quantitative estimate of drug-likeness (QED) is 0.654. The van der Waals surface area contributed by atoms with Crippen LogP contribution in [0.15, 0.2) is 48.5 Å². The predicted molar refractivity (Wildman–Crippen MR) is 108 cm³/mol. The number of para-hydroxylation sites is 1. The van der Waals surface area contributed by atoms with Gasteiger partial charge in [-0.1, -0.05) is 18.2 Å². The van der Waals surface area contributed by atoms with E-state index in [9.17, 15) is 19.5 Å². The molecule has 2 rings (SSSR count). The number of carbonyl (C=O) groups is 3. The highest BCUT2D eigenvalue weighted by Crippen LogP contribution is 2.18. The smallest absolute Gasteiger partial charge is 0.337 e. The number of carbonyl (C=O) groups excluding carboxylic acids is 3. The Kier molecular flexibility index (Phi) is 7.73. The third-order valence-electron chi connectivity index (χ3n) is 4.00. The number of esters is 2. The lowest BCUT2D eigenvalue weighted by molar-refractivity contribution is -0.115. The van der Waals surface area contributed by atoms with E-state index < -0.39 is 18.0 Å². The zero-order valence-electron chi connectivity index (χ0n) is 16.5. The monoisotopic (exact) mass is 400 g/mol. The van der Waals surface area contributed by atoms with Crippen molar-refractivity contribution < 1.29 is 29.0 Å². The number of aliphatic hydroxyl groups excluding tert-OH is 1. The van der Waals surface area contributed by atoms with Gasteiger partial charge in [0, 0.05) is 17.9 Å². The van der Waals surface area contributed by atoms with Crippen LogP contribution in [0.5, 0.6) is 0 Å². The Balaban J connectivity index is 2.23. The van der Waals surface area contributed by atoms with Gasteiger partial charge < -0.3 is 24.8 Å². The first kappa shape index (κ1) is 21.9. The molecule has 0 radical (unpaired) electrons. The predicted octanol–water partition coefficient (Wildman–Crippen LogP) is 2.09. The van der Waals surface area contributed by atoms with Gasteiger partial charge in [-0.25, -0.2) is 9.59 Å². The van der Waals surface area contributed by atoms with Crippen molar-refractivity contribution in [1.29, 1.82) is 0 Å². The third kappa shape index (κ3) is 6.32. The molecule has 1 unspecified atom stereocenters. The van der Waals surface area contributed by atoms with Crippen molar-refractivity contribution in [1.82, 2.24) is 0 Å². The summed E-state index contributed by atoms with van der Waals surface area (Å²) in [7, 11) is 2.44. The highest BCUT2D eigenvalue weighted by atomic mass is 16.5. The molecule has 2 aromatic carbocycles. The Labute approximate surface area is 169 Å². The fourth-order valence-corrected chi connectivity index (χ4v) is 2.76. The zero-order chi connectivity index (χ0) is 21.4. The molecule has 0 aliphatic carbocycles. The van der Waals surface area contributed by atoms with E-state index in [4.69, 9.17) is 9.47 Å². The van der Waals surface area contributed by atoms with E-state index in [1.807, 2.05) is 30.3 Å². The minimum atomic E-state index is -0.647. The molecule has 29 heavy (non-hydrogen) atoms. The van der Waals surface area contributed by atoms with Gasteiger partial charge >= 0.3 is 11.9 Å². The van der Waals surface area contributed by atoms with Gasteiger partial charge in [0.2, 0.25) is 5.91 Å². The summed E-state index contributed by atoms with van der Waals surface area (Å²) in [6.45, 7) is 1.86. The second kappa shape index (κ2) is 10.2. The molecule has 0 aliphatic heterocycles. The number of rotatable bonds is 8. The Hall–Kier alpha value is -3.39. The maximum atomic E-state index is 12.6. The van der Waals surface area contributed by atoms with Crippen LogP contribution < -0.4 is 10.2 Å². The molecule has 8 nitrogen and oxygen atoms in total. The number of ether oxygens (including phenoxy) is 2. The van der Waals surface area contributed by atoms with Gasteiger partial charge in [-0.05, 0) is 37.3 Å². The number of aliphatic hydroxyl groups is 1. The van der Waals surface area contributed by atoms with Gasteiger partial charge in [-0.15, -0.1) is 0 Å². The van der Waals surface area contributed by atoms with Crippen LogP contribution in [0.1, 0.15) is 27.6 Å². The highest BCUT2D eigenvalue weighted by Gasteiger charge is 2.17. The van der Waals surface area contributed by atoms with Crippen LogP contribution in [0.3, 0.4) is 0 Å². The van der Waals surface area contributed by atoms with Crippen molar-refractivity contribution in [2.24, 2.45) is 0 Å². The number of nitrogens with one attached hydrogen (secondary N) is 1. The first-order valence-electron chi connectivity index (χ1n) is 8.93. The van der Waals surface area contributed by atoms with Crippen LogP contribution in [0.4, 0.5) is 11.4 Å². The molecule has 0 heterocycles. The average Bonchev–Trinajstić information content (AvgIpc) is 2.72. The summed E-state index contributed by atoms with van der Waals surface area (Å²) in [6, 6.07) is 13.4. The summed E-state index contributed by atoms with van der Waals surface area (Å²) in [5, 5.41) is 12.4. The normalized spacial score (nSPS) is 11.3.